The molecule has 0 aromatic heterocycles. The van der Waals surface area contributed by atoms with Crippen LogP contribution in [0.15, 0.2) is 28.7 Å². The summed E-state index contributed by atoms with van der Waals surface area (Å²) in [4.78, 5) is 11.4. The third kappa shape index (κ3) is 3.60. The van der Waals surface area contributed by atoms with Crippen molar-refractivity contribution in [2.75, 3.05) is 13.2 Å². The van der Waals surface area contributed by atoms with Crippen LogP contribution in [0.5, 0.6) is 0 Å². The predicted octanol–water partition coefficient (Wildman–Crippen LogP) is 2.60. The summed E-state index contributed by atoms with van der Waals surface area (Å²) < 4.78 is 6.02. The Labute approximate surface area is 92.4 Å². The van der Waals surface area contributed by atoms with Crippen LogP contribution in [0.2, 0.25) is 0 Å². The highest BCUT2D eigenvalue weighted by Gasteiger charge is 2.05. The number of hydrogen-bond acceptors (Lipinski definition) is 2. The van der Waals surface area contributed by atoms with Gasteiger partial charge < -0.3 is 4.74 Å². The number of carbonyl (C=O) groups excluding carboxylic acids is 1. The van der Waals surface area contributed by atoms with Crippen molar-refractivity contribution in [1.82, 2.24) is 0 Å². The number of ketones is 1. The van der Waals surface area contributed by atoms with Gasteiger partial charge in [-0.15, -0.1) is 0 Å². The molecule has 1 aromatic rings. The second kappa shape index (κ2) is 5.94. The molecule has 0 amide bonds. The molecule has 0 atom stereocenters. The minimum absolute atomic E-state index is 0.110. The summed E-state index contributed by atoms with van der Waals surface area (Å²) in [6, 6.07) is 7.73. The van der Waals surface area contributed by atoms with E-state index in [2.05, 4.69) is 15.9 Å². The molecule has 0 saturated carbocycles. The van der Waals surface area contributed by atoms with Crippen LogP contribution in [0.1, 0.15) is 12.5 Å². The normalized spacial score (nSPS) is 10.1. The number of hydrogen-bond donors (Lipinski definition) is 0. The number of ether oxygens (including phenoxy) is 1. The van der Waals surface area contributed by atoms with Crippen molar-refractivity contribution >= 4 is 21.7 Å². The first-order valence-electron chi connectivity index (χ1n) is 4.57. The lowest BCUT2D eigenvalue weighted by molar-refractivity contribution is -0.122. The largest absolute Gasteiger partial charge is 0.374 e. The lowest BCUT2D eigenvalue weighted by Gasteiger charge is -2.03. The molecular formula is C11H13BrO2. The van der Waals surface area contributed by atoms with Gasteiger partial charge in [0.15, 0.2) is 5.78 Å². The van der Waals surface area contributed by atoms with E-state index in [4.69, 9.17) is 4.74 Å². The molecular weight excluding hydrogens is 244 g/mol. The van der Waals surface area contributed by atoms with E-state index < -0.39 is 0 Å². The van der Waals surface area contributed by atoms with E-state index in [0.717, 1.165) is 10.0 Å². The summed E-state index contributed by atoms with van der Waals surface area (Å²) in [7, 11) is 0. The maximum Gasteiger partial charge on any atom is 0.162 e. The number of Topliss-reactive ketones (excluding diaryl/α,β-unsaturated/α-hetero) is 1. The van der Waals surface area contributed by atoms with Gasteiger partial charge in [-0.1, -0.05) is 34.1 Å². The van der Waals surface area contributed by atoms with E-state index in [1.165, 1.54) is 0 Å². The van der Waals surface area contributed by atoms with Gasteiger partial charge >= 0.3 is 0 Å². The maximum atomic E-state index is 11.4. The zero-order valence-electron chi connectivity index (χ0n) is 8.13. The predicted molar refractivity (Wildman–Crippen MR) is 59.3 cm³/mol. The molecule has 1 rings (SSSR count). The van der Waals surface area contributed by atoms with Crippen LogP contribution in [-0.2, 0) is 16.0 Å². The fraction of sp³-hybridized carbons (Fsp3) is 0.364. The molecule has 0 aliphatic carbocycles. The van der Waals surface area contributed by atoms with Crippen molar-refractivity contribution in [2.45, 2.75) is 13.3 Å². The number of carbonyl (C=O) groups is 1. The van der Waals surface area contributed by atoms with Crippen molar-refractivity contribution in [3.63, 3.8) is 0 Å². The van der Waals surface area contributed by atoms with E-state index >= 15 is 0 Å². The van der Waals surface area contributed by atoms with Gasteiger partial charge in [0, 0.05) is 17.5 Å². The van der Waals surface area contributed by atoms with Crippen molar-refractivity contribution in [3.05, 3.63) is 34.3 Å². The van der Waals surface area contributed by atoms with Crippen molar-refractivity contribution in [3.8, 4) is 0 Å². The molecule has 0 spiro atoms. The highest BCUT2D eigenvalue weighted by atomic mass is 79.9. The zero-order chi connectivity index (χ0) is 10.4. The lowest BCUT2D eigenvalue weighted by Crippen LogP contribution is -2.11. The van der Waals surface area contributed by atoms with Crippen LogP contribution in [0, 0.1) is 0 Å². The van der Waals surface area contributed by atoms with Gasteiger partial charge in [0.25, 0.3) is 0 Å². The van der Waals surface area contributed by atoms with Crippen LogP contribution in [-0.4, -0.2) is 19.0 Å². The minimum atomic E-state index is 0.110. The van der Waals surface area contributed by atoms with Gasteiger partial charge in [-0.05, 0) is 18.6 Å². The van der Waals surface area contributed by atoms with Crippen molar-refractivity contribution in [1.29, 1.82) is 0 Å². The van der Waals surface area contributed by atoms with Crippen LogP contribution < -0.4 is 0 Å². The molecule has 0 N–H and O–H groups in total. The maximum absolute atomic E-state index is 11.4. The highest BCUT2D eigenvalue weighted by molar-refractivity contribution is 9.10. The van der Waals surface area contributed by atoms with Crippen LogP contribution >= 0.6 is 15.9 Å². The summed E-state index contributed by atoms with van der Waals surface area (Å²) in [6.45, 7) is 2.67. The van der Waals surface area contributed by atoms with Crippen LogP contribution in [0.4, 0.5) is 0 Å². The van der Waals surface area contributed by atoms with Gasteiger partial charge in [0.2, 0.25) is 0 Å². The SMILES string of the molecule is CCOCC(=O)Cc1ccccc1Br. The Kier molecular flexibility index (Phi) is 4.84. The van der Waals surface area contributed by atoms with Gasteiger partial charge in [-0.3, -0.25) is 4.79 Å². The Hall–Kier alpha value is -0.670. The molecule has 0 aliphatic heterocycles. The molecule has 0 heterocycles. The average Bonchev–Trinajstić information content (AvgIpc) is 2.18. The molecule has 76 valence electrons. The first-order chi connectivity index (χ1) is 6.74. The topological polar surface area (TPSA) is 26.3 Å². The molecule has 3 heteroatoms. The van der Waals surface area contributed by atoms with E-state index in [9.17, 15) is 4.79 Å². The molecule has 0 bridgehead atoms. The summed E-state index contributed by atoms with van der Waals surface area (Å²) in [5.41, 5.74) is 1.01. The van der Waals surface area contributed by atoms with E-state index in [1.54, 1.807) is 0 Å². The second-order valence-electron chi connectivity index (χ2n) is 2.94. The van der Waals surface area contributed by atoms with Crippen LogP contribution in [0.25, 0.3) is 0 Å². The fourth-order valence-electron chi connectivity index (χ4n) is 1.12. The standard InChI is InChI=1S/C11H13BrO2/c1-2-14-8-10(13)7-9-5-3-4-6-11(9)12/h3-6H,2,7-8H2,1H3. The van der Waals surface area contributed by atoms with Gasteiger partial charge in [0.05, 0.1) is 0 Å². The van der Waals surface area contributed by atoms with E-state index in [0.29, 0.717) is 13.0 Å². The average molecular weight is 257 g/mol. The second-order valence-corrected chi connectivity index (χ2v) is 3.80. The number of benzene rings is 1. The molecule has 0 fully saturated rings. The molecule has 2 nitrogen and oxygen atoms in total. The summed E-state index contributed by atoms with van der Waals surface area (Å²) in [5.74, 6) is 0.110. The third-order valence-corrected chi connectivity index (χ3v) is 2.59. The first kappa shape index (κ1) is 11.4. The van der Waals surface area contributed by atoms with E-state index in [-0.39, 0.29) is 12.4 Å². The monoisotopic (exact) mass is 256 g/mol. The minimum Gasteiger partial charge on any atom is -0.374 e. The Bertz CT molecular complexity index is 310. The Balaban J connectivity index is 2.52. The molecule has 0 aliphatic rings. The highest BCUT2D eigenvalue weighted by Crippen LogP contribution is 2.16. The summed E-state index contributed by atoms with van der Waals surface area (Å²) >= 11 is 3.40. The number of halogens is 1. The van der Waals surface area contributed by atoms with Crippen molar-refractivity contribution in [2.24, 2.45) is 0 Å². The molecule has 0 saturated heterocycles. The molecule has 0 unspecified atom stereocenters. The summed E-state index contributed by atoms with van der Waals surface area (Å²) in [6.07, 6.45) is 0.432. The smallest absolute Gasteiger partial charge is 0.162 e. The summed E-state index contributed by atoms with van der Waals surface area (Å²) in [5, 5.41) is 0. The Morgan fingerprint density at radius 2 is 2.14 bits per heavy atom. The van der Waals surface area contributed by atoms with Crippen LogP contribution in [0.3, 0.4) is 0 Å². The number of rotatable bonds is 5. The molecule has 14 heavy (non-hydrogen) atoms. The van der Waals surface area contributed by atoms with Gasteiger partial charge in [-0.25, -0.2) is 0 Å². The molecule has 1 aromatic carbocycles. The quantitative estimate of drug-likeness (QED) is 0.810. The Morgan fingerprint density at radius 3 is 2.79 bits per heavy atom. The zero-order valence-corrected chi connectivity index (χ0v) is 9.71. The molecule has 0 radical (unpaired) electrons. The lowest BCUT2D eigenvalue weighted by atomic mass is 10.1. The van der Waals surface area contributed by atoms with Gasteiger partial charge in [-0.2, -0.15) is 0 Å². The fourth-order valence-corrected chi connectivity index (χ4v) is 1.55. The Morgan fingerprint density at radius 1 is 1.43 bits per heavy atom. The third-order valence-electron chi connectivity index (χ3n) is 1.81. The van der Waals surface area contributed by atoms with E-state index in [1.807, 2.05) is 31.2 Å². The van der Waals surface area contributed by atoms with Gasteiger partial charge in [0.1, 0.15) is 6.61 Å². The first-order valence-corrected chi connectivity index (χ1v) is 5.36. The van der Waals surface area contributed by atoms with Crippen molar-refractivity contribution < 1.29 is 9.53 Å².